The van der Waals surface area contributed by atoms with Gasteiger partial charge in [0.2, 0.25) is 0 Å². The first kappa shape index (κ1) is 14.5. The highest BCUT2D eigenvalue weighted by atomic mass is 16.5. The predicted molar refractivity (Wildman–Crippen MR) is 73.8 cm³/mol. The van der Waals surface area contributed by atoms with Crippen molar-refractivity contribution in [1.82, 2.24) is 5.32 Å². The summed E-state index contributed by atoms with van der Waals surface area (Å²) in [6.45, 7) is 10.6. The van der Waals surface area contributed by atoms with Gasteiger partial charge in [0, 0.05) is 6.04 Å². The molecule has 0 radical (unpaired) electrons. The summed E-state index contributed by atoms with van der Waals surface area (Å²) in [4.78, 5) is 0. The fourth-order valence-corrected chi connectivity index (χ4v) is 1.85. The molecular formula is C15H22N2O. The Hall–Kier alpha value is -1.53. The largest absolute Gasteiger partial charge is 0.491 e. The molecule has 98 valence electrons. The molecule has 0 fully saturated rings. The minimum Gasteiger partial charge on any atom is -0.491 e. The minimum atomic E-state index is -0.273. The number of ether oxygens (including phenoxy) is 1. The van der Waals surface area contributed by atoms with Crippen LogP contribution in [-0.2, 0) is 0 Å². The van der Waals surface area contributed by atoms with E-state index in [1.165, 1.54) is 11.1 Å². The maximum Gasteiger partial charge on any atom is 0.130 e. The molecule has 1 rings (SSSR count). The second kappa shape index (κ2) is 6.42. The molecule has 0 saturated carbocycles. The number of nitriles is 1. The predicted octanol–water partition coefficient (Wildman–Crippen LogP) is 2.88. The van der Waals surface area contributed by atoms with Crippen LogP contribution in [0.1, 0.15) is 30.5 Å². The van der Waals surface area contributed by atoms with Gasteiger partial charge < -0.3 is 4.74 Å². The van der Waals surface area contributed by atoms with Gasteiger partial charge in [-0.15, -0.1) is 0 Å². The summed E-state index contributed by atoms with van der Waals surface area (Å²) < 4.78 is 5.77. The Balaban J connectivity index is 2.71. The zero-order valence-corrected chi connectivity index (χ0v) is 11.9. The molecule has 1 unspecified atom stereocenters. The van der Waals surface area contributed by atoms with Crippen molar-refractivity contribution in [3.8, 4) is 11.8 Å². The van der Waals surface area contributed by atoms with Crippen LogP contribution in [0.5, 0.6) is 5.75 Å². The van der Waals surface area contributed by atoms with Crippen molar-refractivity contribution >= 4 is 0 Å². The first-order chi connectivity index (χ1) is 8.43. The van der Waals surface area contributed by atoms with Crippen molar-refractivity contribution in [1.29, 1.82) is 5.26 Å². The van der Waals surface area contributed by atoms with E-state index in [9.17, 15) is 0 Å². The second-order valence-electron chi connectivity index (χ2n) is 5.02. The van der Waals surface area contributed by atoms with E-state index in [-0.39, 0.29) is 12.1 Å². The topological polar surface area (TPSA) is 45.0 Å². The maximum atomic E-state index is 9.04. The first-order valence-corrected chi connectivity index (χ1v) is 6.30. The summed E-state index contributed by atoms with van der Waals surface area (Å²) in [6, 6.07) is 6.37. The molecule has 3 nitrogen and oxygen atoms in total. The molecular weight excluding hydrogens is 224 g/mol. The number of rotatable bonds is 5. The fourth-order valence-electron chi connectivity index (χ4n) is 1.85. The summed E-state index contributed by atoms with van der Waals surface area (Å²) in [7, 11) is 0. The van der Waals surface area contributed by atoms with E-state index in [1.54, 1.807) is 0 Å². The van der Waals surface area contributed by atoms with Crippen LogP contribution >= 0.6 is 0 Å². The van der Waals surface area contributed by atoms with E-state index in [1.807, 2.05) is 33.8 Å². The molecule has 0 heterocycles. The molecule has 0 bridgehead atoms. The van der Waals surface area contributed by atoms with E-state index in [4.69, 9.17) is 10.00 Å². The van der Waals surface area contributed by atoms with E-state index < -0.39 is 0 Å². The lowest BCUT2D eigenvalue weighted by Crippen LogP contribution is -2.38. The fraction of sp³-hybridized carbons (Fsp3) is 0.533. The molecule has 0 amide bonds. The highest BCUT2D eigenvalue weighted by Crippen LogP contribution is 2.23. The van der Waals surface area contributed by atoms with Gasteiger partial charge in [-0.25, -0.2) is 0 Å². The highest BCUT2D eigenvalue weighted by Gasteiger charge is 2.11. The van der Waals surface area contributed by atoms with Crippen molar-refractivity contribution in [2.24, 2.45) is 0 Å². The molecule has 1 N–H and O–H groups in total. The molecule has 18 heavy (non-hydrogen) atoms. The molecule has 1 atom stereocenters. The quantitative estimate of drug-likeness (QED) is 0.869. The van der Waals surface area contributed by atoms with Crippen molar-refractivity contribution in [3.05, 3.63) is 28.8 Å². The van der Waals surface area contributed by atoms with Crippen LogP contribution in [0.3, 0.4) is 0 Å². The average Bonchev–Trinajstić information content (AvgIpc) is 2.29. The summed E-state index contributed by atoms with van der Waals surface area (Å²) in [5.74, 6) is 0.873. The molecule has 1 aromatic rings. The lowest BCUT2D eigenvalue weighted by Gasteiger charge is -2.17. The Labute approximate surface area is 110 Å². The lowest BCUT2D eigenvalue weighted by atomic mass is 10.1. The standard InChI is InChI=1S/C15H22N2O/c1-10(2)17-14(8-16)9-18-15-7-11(3)6-12(4)13(15)5/h6-7,10,14,17H,9H2,1-5H3. The van der Waals surface area contributed by atoms with Crippen LogP contribution < -0.4 is 10.1 Å². The van der Waals surface area contributed by atoms with Gasteiger partial charge in [-0.1, -0.05) is 6.07 Å². The van der Waals surface area contributed by atoms with Gasteiger partial charge in [0.15, 0.2) is 0 Å². The SMILES string of the molecule is Cc1cc(C)c(C)c(OCC(C#N)NC(C)C)c1. The van der Waals surface area contributed by atoms with E-state index in [0.29, 0.717) is 6.61 Å². The van der Waals surface area contributed by atoms with Crippen LogP contribution in [0.15, 0.2) is 12.1 Å². The van der Waals surface area contributed by atoms with E-state index in [2.05, 4.69) is 24.4 Å². The third-order valence-electron chi connectivity index (χ3n) is 2.86. The van der Waals surface area contributed by atoms with Crippen molar-refractivity contribution in [3.63, 3.8) is 0 Å². The molecule has 0 spiro atoms. The smallest absolute Gasteiger partial charge is 0.130 e. The molecule has 0 saturated heterocycles. The van der Waals surface area contributed by atoms with Crippen LogP contribution in [0.25, 0.3) is 0 Å². The first-order valence-electron chi connectivity index (χ1n) is 6.30. The monoisotopic (exact) mass is 246 g/mol. The highest BCUT2D eigenvalue weighted by molar-refractivity contribution is 5.41. The molecule has 3 heteroatoms. The Morgan fingerprint density at radius 1 is 1.28 bits per heavy atom. The zero-order valence-electron chi connectivity index (χ0n) is 11.9. The number of aryl methyl sites for hydroxylation is 2. The van der Waals surface area contributed by atoms with Crippen LogP contribution in [0.2, 0.25) is 0 Å². The van der Waals surface area contributed by atoms with E-state index >= 15 is 0 Å². The van der Waals surface area contributed by atoms with Crippen molar-refractivity contribution in [2.75, 3.05) is 6.61 Å². The zero-order chi connectivity index (χ0) is 13.7. The van der Waals surface area contributed by atoms with Gasteiger partial charge in [0.1, 0.15) is 18.4 Å². The molecule has 0 aliphatic heterocycles. The van der Waals surface area contributed by atoms with Crippen molar-refractivity contribution in [2.45, 2.75) is 46.7 Å². The Kier molecular flexibility index (Phi) is 5.18. The Morgan fingerprint density at radius 3 is 2.50 bits per heavy atom. The summed E-state index contributed by atoms with van der Waals surface area (Å²) in [5.41, 5.74) is 3.54. The van der Waals surface area contributed by atoms with Crippen LogP contribution in [0.4, 0.5) is 0 Å². The number of hydrogen-bond acceptors (Lipinski definition) is 3. The Morgan fingerprint density at radius 2 is 1.94 bits per heavy atom. The Bertz CT molecular complexity index is 447. The van der Waals surface area contributed by atoms with Crippen molar-refractivity contribution < 1.29 is 4.74 Å². The molecule has 0 aromatic heterocycles. The number of hydrogen-bond donors (Lipinski definition) is 1. The van der Waals surface area contributed by atoms with Gasteiger partial charge in [-0.05, 0) is 57.4 Å². The third-order valence-corrected chi connectivity index (χ3v) is 2.86. The molecule has 0 aliphatic rings. The average molecular weight is 246 g/mol. The summed E-state index contributed by atoms with van der Waals surface area (Å²) in [5, 5.41) is 12.2. The lowest BCUT2D eigenvalue weighted by molar-refractivity contribution is 0.280. The summed E-state index contributed by atoms with van der Waals surface area (Å²) >= 11 is 0. The van der Waals surface area contributed by atoms with Gasteiger partial charge in [0.05, 0.1) is 6.07 Å². The van der Waals surface area contributed by atoms with Gasteiger partial charge in [-0.2, -0.15) is 5.26 Å². The van der Waals surface area contributed by atoms with Crippen LogP contribution in [-0.4, -0.2) is 18.7 Å². The molecule has 1 aromatic carbocycles. The second-order valence-corrected chi connectivity index (χ2v) is 5.02. The number of nitrogens with one attached hydrogen (secondary N) is 1. The summed E-state index contributed by atoms with van der Waals surface area (Å²) in [6.07, 6.45) is 0. The maximum absolute atomic E-state index is 9.04. The number of benzene rings is 1. The van der Waals surface area contributed by atoms with Crippen LogP contribution in [0, 0.1) is 32.1 Å². The normalized spacial score (nSPS) is 12.3. The molecule has 0 aliphatic carbocycles. The van der Waals surface area contributed by atoms with Gasteiger partial charge in [-0.3, -0.25) is 5.32 Å². The van der Waals surface area contributed by atoms with Gasteiger partial charge in [0.25, 0.3) is 0 Å². The third kappa shape index (κ3) is 4.05. The number of nitrogens with zero attached hydrogens (tertiary/aromatic N) is 1. The minimum absolute atomic E-state index is 0.273. The van der Waals surface area contributed by atoms with E-state index in [0.717, 1.165) is 11.3 Å². The van der Waals surface area contributed by atoms with Gasteiger partial charge >= 0.3 is 0 Å².